The summed E-state index contributed by atoms with van der Waals surface area (Å²) in [6.07, 6.45) is -0.827. The second-order valence-electron chi connectivity index (χ2n) is 3.67. The fourth-order valence-corrected chi connectivity index (χ4v) is 1.64. The Morgan fingerprint density at radius 2 is 2.17 bits per heavy atom. The van der Waals surface area contributed by atoms with Crippen molar-refractivity contribution in [3.05, 3.63) is 34.9 Å². The van der Waals surface area contributed by atoms with Crippen molar-refractivity contribution in [1.82, 2.24) is 10.6 Å². The zero-order chi connectivity index (χ0) is 13.4. The van der Waals surface area contributed by atoms with E-state index in [-0.39, 0.29) is 12.6 Å². The number of aliphatic hydroxyl groups is 1. The van der Waals surface area contributed by atoms with Crippen molar-refractivity contribution in [3.8, 4) is 0 Å². The van der Waals surface area contributed by atoms with Crippen LogP contribution in [-0.4, -0.2) is 37.9 Å². The van der Waals surface area contributed by atoms with Gasteiger partial charge in [0.25, 0.3) is 0 Å². The van der Waals surface area contributed by atoms with Crippen molar-refractivity contribution in [3.63, 3.8) is 0 Å². The van der Waals surface area contributed by atoms with Crippen molar-refractivity contribution in [1.29, 1.82) is 0 Å². The standard InChI is InChI=1S/C12H17ClN2O3/c1-18-7-6-14-12(17)15-8-11(16)9-4-2-3-5-10(9)13/h2-5,11,16H,6-8H2,1H3,(H2,14,15,17)/t11-/m1/s1. The van der Waals surface area contributed by atoms with Gasteiger partial charge in [-0.2, -0.15) is 0 Å². The van der Waals surface area contributed by atoms with Gasteiger partial charge in [-0.3, -0.25) is 0 Å². The molecule has 18 heavy (non-hydrogen) atoms. The maximum atomic E-state index is 11.3. The molecule has 0 aliphatic carbocycles. The van der Waals surface area contributed by atoms with Gasteiger partial charge in [0, 0.05) is 30.8 Å². The zero-order valence-electron chi connectivity index (χ0n) is 10.1. The Labute approximate surface area is 111 Å². The molecule has 0 saturated heterocycles. The lowest BCUT2D eigenvalue weighted by Crippen LogP contribution is -2.39. The lowest BCUT2D eigenvalue weighted by Gasteiger charge is -2.14. The SMILES string of the molecule is COCCNC(=O)NC[C@@H](O)c1ccccc1Cl. The highest BCUT2D eigenvalue weighted by atomic mass is 35.5. The van der Waals surface area contributed by atoms with Crippen LogP contribution in [0.2, 0.25) is 5.02 Å². The normalized spacial score (nSPS) is 11.9. The number of methoxy groups -OCH3 is 1. The number of nitrogens with one attached hydrogen (secondary N) is 2. The number of ether oxygens (including phenoxy) is 1. The molecule has 100 valence electrons. The van der Waals surface area contributed by atoms with Crippen LogP contribution in [0.5, 0.6) is 0 Å². The van der Waals surface area contributed by atoms with Gasteiger partial charge in [-0.25, -0.2) is 4.79 Å². The Morgan fingerprint density at radius 1 is 1.44 bits per heavy atom. The number of carbonyl (C=O) groups is 1. The molecule has 1 atom stereocenters. The maximum absolute atomic E-state index is 11.3. The molecule has 6 heteroatoms. The molecule has 0 saturated carbocycles. The molecule has 0 radical (unpaired) electrons. The first-order chi connectivity index (χ1) is 8.65. The highest BCUT2D eigenvalue weighted by molar-refractivity contribution is 6.31. The summed E-state index contributed by atoms with van der Waals surface area (Å²) in [5.74, 6) is 0. The van der Waals surface area contributed by atoms with Gasteiger partial charge in [-0.05, 0) is 6.07 Å². The van der Waals surface area contributed by atoms with Crippen molar-refractivity contribution in [2.75, 3.05) is 26.8 Å². The highest BCUT2D eigenvalue weighted by Crippen LogP contribution is 2.21. The third kappa shape index (κ3) is 4.91. The third-order valence-corrected chi connectivity index (χ3v) is 2.66. The Kier molecular flexibility index (Phi) is 6.49. The van der Waals surface area contributed by atoms with Crippen LogP contribution in [0.3, 0.4) is 0 Å². The molecule has 0 aliphatic heterocycles. The molecule has 0 aromatic heterocycles. The van der Waals surface area contributed by atoms with Crippen LogP contribution in [0.25, 0.3) is 0 Å². The Bertz CT molecular complexity index is 387. The molecule has 0 fully saturated rings. The zero-order valence-corrected chi connectivity index (χ0v) is 10.9. The number of halogens is 1. The van der Waals surface area contributed by atoms with Gasteiger partial charge in [-0.1, -0.05) is 29.8 Å². The first-order valence-corrected chi connectivity index (χ1v) is 5.96. The van der Waals surface area contributed by atoms with E-state index in [4.69, 9.17) is 16.3 Å². The Balaban J connectivity index is 2.35. The molecule has 0 bridgehead atoms. The van der Waals surface area contributed by atoms with E-state index in [9.17, 15) is 9.90 Å². The van der Waals surface area contributed by atoms with Gasteiger partial charge in [-0.15, -0.1) is 0 Å². The summed E-state index contributed by atoms with van der Waals surface area (Å²) < 4.78 is 4.79. The van der Waals surface area contributed by atoms with Crippen LogP contribution < -0.4 is 10.6 Å². The first-order valence-electron chi connectivity index (χ1n) is 5.58. The molecule has 0 spiro atoms. The summed E-state index contributed by atoms with van der Waals surface area (Å²) in [7, 11) is 1.56. The van der Waals surface area contributed by atoms with E-state index in [0.717, 1.165) is 0 Å². The largest absolute Gasteiger partial charge is 0.387 e. The van der Waals surface area contributed by atoms with E-state index >= 15 is 0 Å². The van der Waals surface area contributed by atoms with E-state index in [1.807, 2.05) is 0 Å². The Morgan fingerprint density at radius 3 is 2.83 bits per heavy atom. The van der Waals surface area contributed by atoms with Crippen LogP contribution in [0.1, 0.15) is 11.7 Å². The molecular formula is C12H17ClN2O3. The Hall–Kier alpha value is -1.30. The van der Waals surface area contributed by atoms with Crippen molar-refractivity contribution in [2.24, 2.45) is 0 Å². The average Bonchev–Trinajstić information content (AvgIpc) is 2.37. The molecule has 1 aromatic rings. The number of benzene rings is 1. The lowest BCUT2D eigenvalue weighted by atomic mass is 10.1. The number of rotatable bonds is 6. The number of urea groups is 1. The smallest absolute Gasteiger partial charge is 0.314 e. The van der Waals surface area contributed by atoms with Crippen LogP contribution >= 0.6 is 11.6 Å². The number of amides is 2. The highest BCUT2D eigenvalue weighted by Gasteiger charge is 2.11. The van der Waals surface area contributed by atoms with Crippen molar-refractivity contribution >= 4 is 17.6 Å². The molecule has 5 nitrogen and oxygen atoms in total. The summed E-state index contributed by atoms with van der Waals surface area (Å²) in [6.45, 7) is 0.966. The van der Waals surface area contributed by atoms with Gasteiger partial charge in [0.15, 0.2) is 0 Å². The number of aliphatic hydroxyl groups excluding tert-OH is 1. The summed E-state index contributed by atoms with van der Waals surface area (Å²) in [5.41, 5.74) is 0.594. The molecule has 1 rings (SSSR count). The number of hydrogen-bond acceptors (Lipinski definition) is 3. The van der Waals surface area contributed by atoms with E-state index in [1.165, 1.54) is 0 Å². The quantitative estimate of drug-likeness (QED) is 0.684. The van der Waals surface area contributed by atoms with Crippen LogP contribution in [-0.2, 0) is 4.74 Å². The van der Waals surface area contributed by atoms with Gasteiger partial charge in [0.1, 0.15) is 0 Å². The average molecular weight is 273 g/mol. The molecule has 2 amide bonds. The minimum absolute atomic E-state index is 0.0998. The fourth-order valence-electron chi connectivity index (χ4n) is 1.37. The van der Waals surface area contributed by atoms with E-state index in [0.29, 0.717) is 23.7 Å². The first kappa shape index (κ1) is 14.8. The monoisotopic (exact) mass is 272 g/mol. The van der Waals surface area contributed by atoms with E-state index < -0.39 is 6.10 Å². The van der Waals surface area contributed by atoms with Crippen LogP contribution in [0.15, 0.2) is 24.3 Å². The topological polar surface area (TPSA) is 70.6 Å². The molecular weight excluding hydrogens is 256 g/mol. The van der Waals surface area contributed by atoms with Gasteiger partial charge in [0.05, 0.1) is 12.7 Å². The predicted octanol–water partition coefficient (Wildman–Crippen LogP) is 1.32. The van der Waals surface area contributed by atoms with Crippen LogP contribution in [0.4, 0.5) is 4.79 Å². The molecule has 0 unspecified atom stereocenters. The van der Waals surface area contributed by atoms with Gasteiger partial charge >= 0.3 is 6.03 Å². The summed E-state index contributed by atoms with van der Waals surface area (Å²) in [4.78, 5) is 11.3. The van der Waals surface area contributed by atoms with Crippen molar-refractivity contribution < 1.29 is 14.6 Å². The second-order valence-corrected chi connectivity index (χ2v) is 4.07. The predicted molar refractivity (Wildman–Crippen MR) is 69.7 cm³/mol. The second kappa shape index (κ2) is 7.92. The minimum atomic E-state index is -0.827. The molecule has 0 heterocycles. The number of hydrogen-bond donors (Lipinski definition) is 3. The van der Waals surface area contributed by atoms with E-state index in [1.54, 1.807) is 31.4 Å². The summed E-state index contributed by atoms with van der Waals surface area (Å²) in [5, 5.41) is 15.5. The molecule has 1 aromatic carbocycles. The summed E-state index contributed by atoms with van der Waals surface area (Å²) in [6, 6.07) is 6.63. The van der Waals surface area contributed by atoms with Crippen molar-refractivity contribution in [2.45, 2.75) is 6.10 Å². The number of carbonyl (C=O) groups excluding carboxylic acids is 1. The summed E-state index contributed by atoms with van der Waals surface area (Å²) >= 11 is 5.93. The van der Waals surface area contributed by atoms with E-state index in [2.05, 4.69) is 10.6 Å². The fraction of sp³-hybridized carbons (Fsp3) is 0.417. The third-order valence-electron chi connectivity index (χ3n) is 2.31. The van der Waals surface area contributed by atoms with Gasteiger partial charge in [0.2, 0.25) is 0 Å². The minimum Gasteiger partial charge on any atom is -0.387 e. The molecule has 3 N–H and O–H groups in total. The van der Waals surface area contributed by atoms with Gasteiger partial charge < -0.3 is 20.5 Å². The van der Waals surface area contributed by atoms with Crippen LogP contribution in [0, 0.1) is 0 Å². The lowest BCUT2D eigenvalue weighted by molar-refractivity contribution is 0.171. The maximum Gasteiger partial charge on any atom is 0.314 e. The molecule has 0 aliphatic rings.